The third-order valence-corrected chi connectivity index (χ3v) is 8.18. The number of aryl methyl sites for hydroxylation is 2. The van der Waals surface area contributed by atoms with Crippen molar-refractivity contribution in [1.29, 1.82) is 0 Å². The molecule has 1 saturated carbocycles. The van der Waals surface area contributed by atoms with E-state index in [1.807, 2.05) is 6.92 Å². The van der Waals surface area contributed by atoms with Gasteiger partial charge in [0.15, 0.2) is 5.16 Å². The zero-order valence-electron chi connectivity index (χ0n) is 16.0. The van der Waals surface area contributed by atoms with Crippen molar-refractivity contribution in [2.24, 2.45) is 13.0 Å². The van der Waals surface area contributed by atoms with Gasteiger partial charge in [0, 0.05) is 18.5 Å². The number of aromatic nitrogens is 2. The van der Waals surface area contributed by atoms with Gasteiger partial charge in [-0.3, -0.25) is 14.2 Å². The second-order valence-electron chi connectivity index (χ2n) is 7.81. The van der Waals surface area contributed by atoms with E-state index in [0.717, 1.165) is 36.0 Å². The molecule has 2 aliphatic carbocycles. The first-order valence-electron chi connectivity index (χ1n) is 10.00. The van der Waals surface area contributed by atoms with Crippen molar-refractivity contribution in [3.8, 4) is 0 Å². The minimum absolute atomic E-state index is 0.0247. The second-order valence-corrected chi connectivity index (χ2v) is 10.2. The first-order valence-corrected chi connectivity index (χ1v) is 11.7. The highest BCUT2D eigenvalue weighted by Crippen LogP contribution is 2.35. The van der Waals surface area contributed by atoms with Crippen molar-refractivity contribution in [1.82, 2.24) is 14.9 Å². The average molecular weight is 406 g/mol. The number of nitrogens with one attached hydrogen (secondary N) is 1. The van der Waals surface area contributed by atoms with Crippen LogP contribution in [0.4, 0.5) is 0 Å². The maximum absolute atomic E-state index is 12.9. The van der Waals surface area contributed by atoms with Gasteiger partial charge < -0.3 is 5.32 Å². The predicted molar refractivity (Wildman–Crippen MR) is 112 cm³/mol. The molecule has 0 saturated heterocycles. The number of amides is 1. The van der Waals surface area contributed by atoms with E-state index >= 15 is 0 Å². The summed E-state index contributed by atoms with van der Waals surface area (Å²) in [4.78, 5) is 32.3. The summed E-state index contributed by atoms with van der Waals surface area (Å²) < 4.78 is 1.61. The quantitative estimate of drug-likeness (QED) is 0.609. The molecule has 27 heavy (non-hydrogen) atoms. The van der Waals surface area contributed by atoms with Crippen LogP contribution in [-0.2, 0) is 24.7 Å². The highest BCUT2D eigenvalue weighted by atomic mass is 32.2. The summed E-state index contributed by atoms with van der Waals surface area (Å²) in [6.45, 7) is 2.67. The smallest absolute Gasteiger partial charge is 0.262 e. The molecule has 0 bridgehead atoms. The summed E-state index contributed by atoms with van der Waals surface area (Å²) >= 11 is 3.03. The molecule has 1 unspecified atom stereocenters. The Morgan fingerprint density at radius 1 is 1.30 bits per heavy atom. The fraction of sp³-hybridized carbons (Fsp3) is 0.650. The Kier molecular flexibility index (Phi) is 5.60. The van der Waals surface area contributed by atoms with Crippen molar-refractivity contribution in [3.05, 3.63) is 20.8 Å². The fourth-order valence-electron chi connectivity index (χ4n) is 4.20. The Balaban J connectivity index is 1.46. The summed E-state index contributed by atoms with van der Waals surface area (Å²) in [7, 11) is 1.77. The summed E-state index contributed by atoms with van der Waals surface area (Å²) in [5.41, 5.74) is 1.23. The largest absolute Gasteiger partial charge is 0.355 e. The SMILES string of the molecule is CC(Sc1nc2sc3c(c2c(=O)n1C)CCC3)C(=O)NCC1CCCCC1. The lowest BCUT2D eigenvalue weighted by molar-refractivity contribution is -0.120. The van der Waals surface area contributed by atoms with Gasteiger partial charge in [-0.25, -0.2) is 4.98 Å². The van der Waals surface area contributed by atoms with E-state index in [1.54, 1.807) is 23.0 Å². The number of thioether (sulfide) groups is 1. The zero-order valence-corrected chi connectivity index (χ0v) is 17.7. The molecule has 5 nitrogen and oxygen atoms in total. The van der Waals surface area contributed by atoms with Crippen LogP contribution in [0.5, 0.6) is 0 Å². The standard InChI is InChI=1S/C20H27N3O2S2/c1-12(17(24)21-11-13-7-4-3-5-8-13)26-20-22-18-16(19(25)23(20)2)14-9-6-10-15(14)27-18/h12-13H,3-11H2,1-2H3,(H,21,24). The lowest BCUT2D eigenvalue weighted by Crippen LogP contribution is -2.35. The lowest BCUT2D eigenvalue weighted by Gasteiger charge is -2.22. The Labute approximate surface area is 167 Å². The summed E-state index contributed by atoms with van der Waals surface area (Å²) in [5, 5.41) is 4.27. The van der Waals surface area contributed by atoms with Crippen molar-refractivity contribution in [3.63, 3.8) is 0 Å². The molecule has 0 spiro atoms. The topological polar surface area (TPSA) is 64.0 Å². The molecule has 0 aliphatic heterocycles. The minimum Gasteiger partial charge on any atom is -0.355 e. The first kappa shape index (κ1) is 19.0. The van der Waals surface area contributed by atoms with Crippen LogP contribution in [0.3, 0.4) is 0 Å². The number of hydrogen-bond acceptors (Lipinski definition) is 5. The van der Waals surface area contributed by atoms with Crippen molar-refractivity contribution in [2.45, 2.75) is 68.7 Å². The van der Waals surface area contributed by atoms with Crippen LogP contribution in [0.15, 0.2) is 9.95 Å². The molecule has 2 aromatic heterocycles. The van der Waals surface area contributed by atoms with E-state index < -0.39 is 0 Å². The molecular weight excluding hydrogens is 378 g/mol. The zero-order chi connectivity index (χ0) is 19.0. The molecule has 2 aliphatic rings. The molecule has 2 heterocycles. The van der Waals surface area contributed by atoms with Gasteiger partial charge in [-0.1, -0.05) is 31.0 Å². The van der Waals surface area contributed by atoms with Gasteiger partial charge in [0.05, 0.1) is 10.6 Å². The minimum atomic E-state index is -0.268. The molecule has 0 aromatic carbocycles. The van der Waals surface area contributed by atoms with Crippen LogP contribution in [-0.4, -0.2) is 27.3 Å². The Bertz CT molecular complexity index is 912. The van der Waals surface area contributed by atoms with E-state index in [1.165, 1.54) is 54.3 Å². The van der Waals surface area contributed by atoms with E-state index in [4.69, 9.17) is 4.98 Å². The Morgan fingerprint density at radius 2 is 2.07 bits per heavy atom. The van der Waals surface area contributed by atoms with Crippen LogP contribution in [0.25, 0.3) is 10.2 Å². The third-order valence-electron chi connectivity index (χ3n) is 5.85. The summed E-state index contributed by atoms with van der Waals surface area (Å²) in [5.74, 6) is 0.654. The highest BCUT2D eigenvalue weighted by molar-refractivity contribution is 8.00. The number of carbonyl (C=O) groups is 1. The van der Waals surface area contributed by atoms with Crippen LogP contribution in [0, 0.1) is 5.92 Å². The lowest BCUT2D eigenvalue weighted by atomic mass is 9.89. The molecule has 146 valence electrons. The van der Waals surface area contributed by atoms with Gasteiger partial charge in [0.25, 0.3) is 5.56 Å². The highest BCUT2D eigenvalue weighted by Gasteiger charge is 2.24. The molecule has 4 rings (SSSR count). The van der Waals surface area contributed by atoms with Crippen molar-refractivity contribution >= 4 is 39.2 Å². The van der Waals surface area contributed by atoms with Crippen LogP contribution in [0.2, 0.25) is 0 Å². The number of fused-ring (bicyclic) bond motifs is 3. The molecule has 1 amide bonds. The predicted octanol–water partition coefficient (Wildman–Crippen LogP) is 3.66. The maximum atomic E-state index is 12.9. The average Bonchev–Trinajstić information content (AvgIpc) is 3.25. The molecule has 1 N–H and O–H groups in total. The molecule has 0 radical (unpaired) electrons. The number of nitrogens with zero attached hydrogens (tertiary/aromatic N) is 2. The van der Waals surface area contributed by atoms with Gasteiger partial charge in [0.1, 0.15) is 4.83 Å². The molecule has 2 aromatic rings. The Morgan fingerprint density at radius 3 is 2.85 bits per heavy atom. The van der Waals surface area contributed by atoms with Crippen molar-refractivity contribution < 1.29 is 4.79 Å². The molecule has 7 heteroatoms. The van der Waals surface area contributed by atoms with E-state index in [2.05, 4.69) is 5.32 Å². The van der Waals surface area contributed by atoms with Gasteiger partial charge in [-0.15, -0.1) is 11.3 Å². The third kappa shape index (κ3) is 3.81. The number of hydrogen-bond donors (Lipinski definition) is 1. The van der Waals surface area contributed by atoms with Crippen LogP contribution >= 0.6 is 23.1 Å². The van der Waals surface area contributed by atoms with E-state index in [-0.39, 0.29) is 16.7 Å². The monoisotopic (exact) mass is 405 g/mol. The van der Waals surface area contributed by atoms with Gasteiger partial charge in [0.2, 0.25) is 5.91 Å². The van der Waals surface area contributed by atoms with E-state index in [9.17, 15) is 9.59 Å². The molecule has 1 fully saturated rings. The van der Waals surface area contributed by atoms with Gasteiger partial charge in [-0.2, -0.15) is 0 Å². The molecule has 1 atom stereocenters. The number of thiophene rings is 1. The first-order chi connectivity index (χ1) is 13.0. The van der Waals surface area contributed by atoms with Gasteiger partial charge >= 0.3 is 0 Å². The fourth-order valence-corrected chi connectivity index (χ4v) is 6.40. The molecular formula is C20H27N3O2S2. The van der Waals surface area contributed by atoms with Gasteiger partial charge in [-0.05, 0) is 50.5 Å². The van der Waals surface area contributed by atoms with Crippen LogP contribution < -0.4 is 10.9 Å². The second kappa shape index (κ2) is 7.95. The van der Waals surface area contributed by atoms with Crippen molar-refractivity contribution in [2.75, 3.05) is 6.54 Å². The van der Waals surface area contributed by atoms with E-state index in [0.29, 0.717) is 11.1 Å². The Hall–Kier alpha value is -1.34. The maximum Gasteiger partial charge on any atom is 0.262 e. The summed E-state index contributed by atoms with van der Waals surface area (Å²) in [6.07, 6.45) is 9.50. The number of carbonyl (C=O) groups excluding carboxylic acids is 1. The van der Waals surface area contributed by atoms with Crippen LogP contribution in [0.1, 0.15) is 55.9 Å². The number of rotatable bonds is 5. The summed E-state index contributed by atoms with van der Waals surface area (Å²) in [6, 6.07) is 0. The normalized spacial score (nSPS) is 18.6.